The second kappa shape index (κ2) is 7.43. The molecule has 150 valence electrons. The van der Waals surface area contributed by atoms with Crippen molar-refractivity contribution in [2.24, 2.45) is 0 Å². The van der Waals surface area contributed by atoms with Crippen LogP contribution < -0.4 is 19.9 Å². The molecule has 29 heavy (non-hydrogen) atoms. The Hall–Kier alpha value is -3.01. The van der Waals surface area contributed by atoms with E-state index in [0.29, 0.717) is 38.3 Å². The van der Waals surface area contributed by atoms with E-state index in [1.54, 1.807) is 16.7 Å². The number of nitrogens with two attached hydrogens (primary N) is 1. The van der Waals surface area contributed by atoms with E-state index < -0.39 is 10.0 Å². The van der Waals surface area contributed by atoms with Crippen molar-refractivity contribution in [1.29, 1.82) is 0 Å². The number of sulfonamides is 1. The summed E-state index contributed by atoms with van der Waals surface area (Å²) in [6, 6.07) is 3.49. The summed E-state index contributed by atoms with van der Waals surface area (Å²) in [6.07, 6.45) is 6.96. The van der Waals surface area contributed by atoms with Gasteiger partial charge < -0.3 is 19.8 Å². The zero-order chi connectivity index (χ0) is 20.6. The number of rotatable bonds is 6. The van der Waals surface area contributed by atoms with Crippen molar-refractivity contribution in [3.05, 3.63) is 24.0 Å². The summed E-state index contributed by atoms with van der Waals surface area (Å²) >= 11 is 1.26. The Morgan fingerprint density at radius 3 is 2.83 bits per heavy atom. The van der Waals surface area contributed by atoms with Gasteiger partial charge in [-0.25, -0.2) is 28.1 Å². The van der Waals surface area contributed by atoms with Gasteiger partial charge in [-0.1, -0.05) is 17.7 Å². The van der Waals surface area contributed by atoms with Gasteiger partial charge in [0.1, 0.15) is 6.33 Å². The van der Waals surface area contributed by atoms with E-state index in [9.17, 15) is 8.42 Å². The number of aromatic nitrogens is 4. The summed E-state index contributed by atoms with van der Waals surface area (Å²) in [6.45, 7) is 0.244. The fourth-order valence-corrected chi connectivity index (χ4v) is 4.39. The van der Waals surface area contributed by atoms with Gasteiger partial charge >= 0.3 is 0 Å². The first-order valence-corrected chi connectivity index (χ1v) is 10.8. The second-order valence-corrected chi connectivity index (χ2v) is 9.00. The van der Waals surface area contributed by atoms with Crippen LogP contribution in [-0.2, 0) is 16.6 Å². The van der Waals surface area contributed by atoms with Crippen LogP contribution in [0.3, 0.4) is 0 Å². The molecule has 4 rings (SSSR count). The van der Waals surface area contributed by atoms with E-state index >= 15 is 0 Å². The van der Waals surface area contributed by atoms with Crippen molar-refractivity contribution in [3.63, 3.8) is 0 Å². The van der Waals surface area contributed by atoms with Crippen LogP contribution in [0.15, 0.2) is 28.5 Å². The van der Waals surface area contributed by atoms with Gasteiger partial charge in [0.05, 0.1) is 5.75 Å². The maximum atomic E-state index is 11.9. The summed E-state index contributed by atoms with van der Waals surface area (Å²) in [5.41, 5.74) is 7.36. The van der Waals surface area contributed by atoms with E-state index in [-0.39, 0.29) is 24.9 Å². The average Bonchev–Trinajstić information content (AvgIpc) is 3.30. The van der Waals surface area contributed by atoms with Crippen LogP contribution in [0.2, 0.25) is 0 Å². The van der Waals surface area contributed by atoms with Crippen molar-refractivity contribution >= 4 is 38.8 Å². The molecule has 10 nitrogen and oxygen atoms in total. The van der Waals surface area contributed by atoms with Gasteiger partial charge in [0, 0.05) is 23.1 Å². The van der Waals surface area contributed by atoms with Crippen LogP contribution in [0.25, 0.3) is 11.2 Å². The molecule has 0 unspecified atom stereocenters. The van der Waals surface area contributed by atoms with Crippen molar-refractivity contribution < 1.29 is 17.9 Å². The van der Waals surface area contributed by atoms with Crippen molar-refractivity contribution in [2.75, 3.05) is 25.3 Å². The second-order valence-electron chi connectivity index (χ2n) is 5.95. The Bertz CT molecular complexity index is 1250. The highest BCUT2D eigenvalue weighted by Crippen LogP contribution is 2.41. The van der Waals surface area contributed by atoms with Crippen LogP contribution >= 0.6 is 11.8 Å². The molecule has 1 aromatic carbocycles. The third-order valence-corrected chi connectivity index (χ3v) is 6.65. The van der Waals surface area contributed by atoms with E-state index in [1.807, 2.05) is 0 Å². The van der Waals surface area contributed by atoms with Gasteiger partial charge in [0.15, 0.2) is 33.6 Å². The normalized spacial score (nSPS) is 13.0. The maximum Gasteiger partial charge on any atom is 0.231 e. The topological polar surface area (TPSA) is 134 Å². The molecular formula is C17H16N6O4S2. The first-order valence-electron chi connectivity index (χ1n) is 8.38. The monoisotopic (exact) mass is 432 g/mol. The number of ether oxygens (including phenoxy) is 2. The standard InChI is InChI=1S/C17H16N6O4S2/c1-3-10-6-11-12(27-9-26-11)7-13(10)28-17-22-14-15(18)20-8-21-16(14)23(17)4-5-29(24,25)19-2/h1,6-8,19H,4-5,9H2,2H3,(H2,18,20,21). The molecule has 1 aliphatic heterocycles. The van der Waals surface area contributed by atoms with Crippen LogP contribution in [-0.4, -0.2) is 47.5 Å². The van der Waals surface area contributed by atoms with Crippen LogP contribution in [0.4, 0.5) is 5.82 Å². The van der Waals surface area contributed by atoms with Crippen LogP contribution in [0.1, 0.15) is 5.56 Å². The number of nitrogens with zero attached hydrogens (tertiary/aromatic N) is 4. The lowest BCUT2D eigenvalue weighted by Crippen LogP contribution is -2.25. The van der Waals surface area contributed by atoms with E-state index in [2.05, 4.69) is 25.6 Å². The molecule has 12 heteroatoms. The molecule has 0 bridgehead atoms. The lowest BCUT2D eigenvalue weighted by atomic mass is 10.2. The predicted octanol–water partition coefficient (Wildman–Crippen LogP) is 0.819. The fraction of sp³-hybridized carbons (Fsp3) is 0.235. The number of hydrogen-bond donors (Lipinski definition) is 2. The zero-order valence-corrected chi connectivity index (χ0v) is 16.9. The van der Waals surface area contributed by atoms with Gasteiger partial charge in [-0.05, 0) is 13.1 Å². The molecule has 1 aliphatic rings. The summed E-state index contributed by atoms with van der Waals surface area (Å²) in [7, 11) is -2.07. The number of terminal acetylenes is 1. The van der Waals surface area contributed by atoms with Crippen molar-refractivity contribution in [2.45, 2.75) is 16.6 Å². The van der Waals surface area contributed by atoms with E-state index in [0.717, 1.165) is 0 Å². The highest BCUT2D eigenvalue weighted by molar-refractivity contribution is 7.99. The quantitative estimate of drug-likeness (QED) is 0.543. The molecule has 0 amide bonds. The summed E-state index contributed by atoms with van der Waals surface area (Å²) < 4.78 is 38.6. The first-order chi connectivity index (χ1) is 13.9. The number of imidazole rings is 1. The predicted molar refractivity (Wildman–Crippen MR) is 107 cm³/mol. The summed E-state index contributed by atoms with van der Waals surface area (Å²) in [5, 5.41) is 0.480. The number of nitrogen functional groups attached to an aromatic ring is 1. The Morgan fingerprint density at radius 1 is 1.34 bits per heavy atom. The molecular weight excluding hydrogens is 416 g/mol. The number of fused-ring (bicyclic) bond motifs is 2. The molecule has 0 atom stereocenters. The molecule has 0 fully saturated rings. The molecule has 0 spiro atoms. The van der Waals surface area contributed by atoms with Gasteiger partial charge in [-0.3, -0.25) is 0 Å². The first kappa shape index (κ1) is 19.3. The lowest BCUT2D eigenvalue weighted by Gasteiger charge is -2.10. The number of nitrogens with one attached hydrogen (secondary N) is 1. The Morgan fingerprint density at radius 2 is 2.10 bits per heavy atom. The number of benzene rings is 1. The third-order valence-electron chi connectivity index (χ3n) is 4.25. The Kier molecular flexibility index (Phi) is 4.95. The fourth-order valence-electron chi connectivity index (χ4n) is 2.75. The van der Waals surface area contributed by atoms with Crippen LogP contribution in [0.5, 0.6) is 11.5 Å². The molecule has 3 aromatic rings. The van der Waals surface area contributed by atoms with Gasteiger partial charge in [0.2, 0.25) is 16.8 Å². The number of aryl methyl sites for hydroxylation is 1. The van der Waals surface area contributed by atoms with E-state index in [1.165, 1.54) is 25.1 Å². The average molecular weight is 432 g/mol. The molecule has 0 saturated heterocycles. The number of anilines is 1. The molecule has 2 aromatic heterocycles. The van der Waals surface area contributed by atoms with Gasteiger partial charge in [-0.15, -0.1) is 6.42 Å². The van der Waals surface area contributed by atoms with Crippen LogP contribution in [0, 0.1) is 12.3 Å². The lowest BCUT2D eigenvalue weighted by molar-refractivity contribution is 0.174. The van der Waals surface area contributed by atoms with Crippen molar-refractivity contribution in [3.8, 4) is 23.8 Å². The largest absolute Gasteiger partial charge is 0.454 e. The zero-order valence-electron chi connectivity index (χ0n) is 15.2. The molecule has 0 aliphatic carbocycles. The molecule has 3 N–H and O–H groups in total. The SMILES string of the molecule is C#Cc1cc2c(cc1Sc1nc3c(N)ncnc3n1CCS(=O)(=O)NC)OCO2. The number of hydrogen-bond acceptors (Lipinski definition) is 9. The van der Waals surface area contributed by atoms with Crippen molar-refractivity contribution in [1.82, 2.24) is 24.2 Å². The Balaban J connectivity index is 1.79. The Labute approximate surface area is 170 Å². The minimum absolute atomic E-state index is 0.119. The molecule has 3 heterocycles. The smallest absolute Gasteiger partial charge is 0.231 e. The molecule has 0 saturated carbocycles. The van der Waals surface area contributed by atoms with E-state index in [4.69, 9.17) is 21.6 Å². The summed E-state index contributed by atoms with van der Waals surface area (Å²) in [5.74, 6) is 3.82. The minimum Gasteiger partial charge on any atom is -0.454 e. The highest BCUT2D eigenvalue weighted by Gasteiger charge is 2.21. The van der Waals surface area contributed by atoms with Gasteiger partial charge in [0.25, 0.3) is 0 Å². The maximum absolute atomic E-state index is 11.9. The van der Waals surface area contributed by atoms with Gasteiger partial charge in [-0.2, -0.15) is 0 Å². The third kappa shape index (κ3) is 3.67. The summed E-state index contributed by atoms with van der Waals surface area (Å²) in [4.78, 5) is 13.4. The minimum atomic E-state index is -3.44. The molecule has 0 radical (unpaired) electrons. The highest BCUT2D eigenvalue weighted by atomic mass is 32.2.